The molecule has 1 amide bonds. The number of amides is 1. The van der Waals surface area contributed by atoms with Crippen LogP contribution in [0.1, 0.15) is 28.5 Å². The highest BCUT2D eigenvalue weighted by Gasteiger charge is 2.18. The number of rotatable bonds is 5. The van der Waals surface area contributed by atoms with Crippen molar-refractivity contribution in [3.8, 4) is 11.4 Å². The van der Waals surface area contributed by atoms with Crippen molar-refractivity contribution in [1.29, 1.82) is 0 Å². The number of halogens is 1. The van der Waals surface area contributed by atoms with Gasteiger partial charge in [0.15, 0.2) is 0 Å². The van der Waals surface area contributed by atoms with Crippen LogP contribution in [-0.4, -0.2) is 35.9 Å². The number of aryl methyl sites for hydroxylation is 1. The maximum absolute atomic E-state index is 13.2. The predicted molar refractivity (Wildman–Crippen MR) is 105 cm³/mol. The van der Waals surface area contributed by atoms with E-state index in [-0.39, 0.29) is 11.7 Å². The van der Waals surface area contributed by atoms with Crippen LogP contribution in [0, 0.1) is 12.7 Å². The molecular weight excluding hydrogens is 373 g/mol. The molecule has 0 saturated heterocycles. The summed E-state index contributed by atoms with van der Waals surface area (Å²) >= 11 is 0. The Kier molecular flexibility index (Phi) is 4.86. The molecule has 0 aliphatic rings. The van der Waals surface area contributed by atoms with Crippen LogP contribution in [0.5, 0.6) is 0 Å². The number of hydrogen-bond acceptors (Lipinski definition) is 5. The van der Waals surface area contributed by atoms with Gasteiger partial charge in [-0.1, -0.05) is 6.92 Å². The van der Waals surface area contributed by atoms with Crippen LogP contribution < -0.4 is 5.32 Å². The lowest BCUT2D eigenvalue weighted by Gasteiger charge is -2.10. The minimum atomic E-state index is -0.322. The molecule has 9 heteroatoms. The molecule has 2 heterocycles. The second-order valence-corrected chi connectivity index (χ2v) is 6.46. The van der Waals surface area contributed by atoms with Crippen molar-refractivity contribution in [2.45, 2.75) is 20.3 Å². The summed E-state index contributed by atoms with van der Waals surface area (Å²) in [4.78, 5) is 12.9. The highest BCUT2D eigenvalue weighted by molar-refractivity contribution is 6.05. The fraction of sp³-hybridized carbons (Fsp3) is 0.150. The smallest absolute Gasteiger partial charge is 0.259 e. The summed E-state index contributed by atoms with van der Waals surface area (Å²) in [6.45, 7) is 3.86. The number of nitrogens with zero attached hydrogens (tertiary/aromatic N) is 6. The molecule has 2 aromatic carbocycles. The first kappa shape index (κ1) is 18.5. The Morgan fingerprint density at radius 3 is 2.62 bits per heavy atom. The van der Waals surface area contributed by atoms with Gasteiger partial charge in [-0.05, 0) is 71.8 Å². The van der Waals surface area contributed by atoms with E-state index in [1.165, 1.54) is 24.7 Å². The highest BCUT2D eigenvalue weighted by atomic mass is 19.1. The lowest BCUT2D eigenvalue weighted by molar-refractivity contribution is 0.102. The van der Waals surface area contributed by atoms with Gasteiger partial charge in [-0.2, -0.15) is 5.10 Å². The second kappa shape index (κ2) is 7.63. The monoisotopic (exact) mass is 391 g/mol. The maximum atomic E-state index is 13.2. The van der Waals surface area contributed by atoms with E-state index in [1.54, 1.807) is 27.6 Å². The molecule has 29 heavy (non-hydrogen) atoms. The van der Waals surface area contributed by atoms with Gasteiger partial charge in [0.05, 0.1) is 28.8 Å². The first-order valence-corrected chi connectivity index (χ1v) is 9.05. The summed E-state index contributed by atoms with van der Waals surface area (Å²) < 4.78 is 16.4. The molecule has 0 fully saturated rings. The molecule has 4 rings (SSSR count). The van der Waals surface area contributed by atoms with E-state index in [9.17, 15) is 9.18 Å². The van der Waals surface area contributed by atoms with Gasteiger partial charge in [0.2, 0.25) is 0 Å². The molecule has 0 bridgehead atoms. The first-order valence-electron chi connectivity index (χ1n) is 9.05. The molecule has 4 aromatic rings. The molecule has 0 aliphatic heterocycles. The maximum Gasteiger partial charge on any atom is 0.259 e. The molecule has 0 saturated carbocycles. The Morgan fingerprint density at radius 1 is 1.17 bits per heavy atom. The average Bonchev–Trinajstić information content (AvgIpc) is 3.38. The Hall–Kier alpha value is -3.88. The molecule has 0 atom stereocenters. The first-order chi connectivity index (χ1) is 14.1. The Balaban J connectivity index is 1.59. The normalized spacial score (nSPS) is 10.9. The van der Waals surface area contributed by atoms with Crippen LogP contribution in [0.4, 0.5) is 10.1 Å². The molecule has 2 aromatic heterocycles. The van der Waals surface area contributed by atoms with Crippen LogP contribution in [-0.2, 0) is 6.42 Å². The fourth-order valence-corrected chi connectivity index (χ4v) is 3.17. The van der Waals surface area contributed by atoms with Crippen LogP contribution in [0.2, 0.25) is 0 Å². The van der Waals surface area contributed by atoms with Gasteiger partial charge >= 0.3 is 0 Å². The molecule has 0 unspecified atom stereocenters. The summed E-state index contributed by atoms with van der Waals surface area (Å²) in [5.74, 6) is -0.581. The number of benzene rings is 2. The number of tetrazole rings is 1. The van der Waals surface area contributed by atoms with Crippen LogP contribution in [0.15, 0.2) is 55.0 Å². The van der Waals surface area contributed by atoms with Crippen LogP contribution >= 0.6 is 0 Å². The van der Waals surface area contributed by atoms with E-state index in [0.29, 0.717) is 23.4 Å². The zero-order chi connectivity index (χ0) is 20.4. The van der Waals surface area contributed by atoms with Crippen molar-refractivity contribution in [1.82, 2.24) is 30.0 Å². The van der Waals surface area contributed by atoms with Gasteiger partial charge in [-0.15, -0.1) is 5.10 Å². The number of nitrogens with one attached hydrogen (secondary N) is 1. The molecule has 0 radical (unpaired) electrons. The van der Waals surface area contributed by atoms with E-state index in [1.807, 2.05) is 26.0 Å². The van der Waals surface area contributed by atoms with E-state index in [0.717, 1.165) is 16.9 Å². The SMILES string of the molecule is CCc1c(C(=O)Nc2ccc(-n3cnnn3)c(C)c2)cnn1-c1ccc(F)cc1. The molecule has 0 spiro atoms. The van der Waals surface area contributed by atoms with E-state index in [2.05, 4.69) is 25.9 Å². The average molecular weight is 391 g/mol. The van der Waals surface area contributed by atoms with Crippen molar-refractivity contribution >= 4 is 11.6 Å². The number of hydrogen-bond donors (Lipinski definition) is 1. The third-order valence-corrected chi connectivity index (χ3v) is 4.57. The van der Waals surface area contributed by atoms with E-state index in [4.69, 9.17) is 0 Å². The molecule has 146 valence electrons. The molecule has 8 nitrogen and oxygen atoms in total. The minimum absolute atomic E-state index is 0.259. The predicted octanol–water partition coefficient (Wildman–Crippen LogP) is 3.11. The largest absolute Gasteiger partial charge is 0.322 e. The fourth-order valence-electron chi connectivity index (χ4n) is 3.17. The van der Waals surface area contributed by atoms with Gasteiger partial charge in [-0.25, -0.2) is 13.8 Å². The number of anilines is 1. The lowest BCUT2D eigenvalue weighted by Crippen LogP contribution is -2.14. The molecule has 1 N–H and O–H groups in total. The highest BCUT2D eigenvalue weighted by Crippen LogP contribution is 2.21. The summed E-state index contributed by atoms with van der Waals surface area (Å²) in [6.07, 6.45) is 3.63. The number of carbonyl (C=O) groups excluding carboxylic acids is 1. The van der Waals surface area contributed by atoms with Crippen LogP contribution in [0.3, 0.4) is 0 Å². The molecule has 0 aliphatic carbocycles. The van der Waals surface area contributed by atoms with E-state index >= 15 is 0 Å². The minimum Gasteiger partial charge on any atom is -0.322 e. The Labute approximate surface area is 166 Å². The van der Waals surface area contributed by atoms with Gasteiger partial charge in [0, 0.05) is 5.69 Å². The standard InChI is InChI=1S/C20H18FN7O/c1-3-18-17(11-23-28(18)16-7-4-14(21)5-8-16)20(29)24-15-6-9-19(13(2)10-15)27-12-22-25-26-27/h4-12H,3H2,1-2H3,(H,24,29). The van der Waals surface area contributed by atoms with Gasteiger partial charge in [-0.3, -0.25) is 4.79 Å². The Morgan fingerprint density at radius 2 is 1.97 bits per heavy atom. The summed E-state index contributed by atoms with van der Waals surface area (Å²) in [5.41, 5.74) is 4.30. The van der Waals surface area contributed by atoms with Gasteiger partial charge < -0.3 is 5.32 Å². The van der Waals surface area contributed by atoms with Crippen molar-refractivity contribution in [2.75, 3.05) is 5.32 Å². The second-order valence-electron chi connectivity index (χ2n) is 6.46. The van der Waals surface area contributed by atoms with Crippen molar-refractivity contribution < 1.29 is 9.18 Å². The summed E-state index contributed by atoms with van der Waals surface area (Å²) in [5, 5.41) is 18.4. The van der Waals surface area contributed by atoms with Crippen molar-refractivity contribution in [2.24, 2.45) is 0 Å². The van der Waals surface area contributed by atoms with Crippen LogP contribution in [0.25, 0.3) is 11.4 Å². The number of carbonyl (C=O) groups is 1. The topological polar surface area (TPSA) is 90.5 Å². The zero-order valence-electron chi connectivity index (χ0n) is 15.9. The quantitative estimate of drug-likeness (QED) is 0.565. The van der Waals surface area contributed by atoms with E-state index < -0.39 is 0 Å². The van der Waals surface area contributed by atoms with Gasteiger partial charge in [0.1, 0.15) is 12.1 Å². The molecular formula is C20H18FN7O. The third-order valence-electron chi connectivity index (χ3n) is 4.57. The zero-order valence-corrected chi connectivity index (χ0v) is 15.9. The summed E-state index contributed by atoms with van der Waals surface area (Å²) in [7, 11) is 0. The number of aromatic nitrogens is 6. The van der Waals surface area contributed by atoms with Gasteiger partial charge in [0.25, 0.3) is 5.91 Å². The lowest BCUT2D eigenvalue weighted by atomic mass is 10.1. The third kappa shape index (κ3) is 3.62. The van der Waals surface area contributed by atoms with Crippen molar-refractivity contribution in [3.63, 3.8) is 0 Å². The van der Waals surface area contributed by atoms with Crippen molar-refractivity contribution in [3.05, 3.63) is 77.6 Å². The Bertz CT molecular complexity index is 1150. The summed E-state index contributed by atoms with van der Waals surface area (Å²) in [6, 6.07) is 11.5.